The van der Waals surface area contributed by atoms with E-state index in [1.807, 2.05) is 18.2 Å². The molecule has 0 atom stereocenters. The first kappa shape index (κ1) is 16.0. The second-order valence-corrected chi connectivity index (χ2v) is 6.94. The molecule has 0 fully saturated rings. The van der Waals surface area contributed by atoms with Crippen LogP contribution in [-0.2, 0) is 5.41 Å². The first-order chi connectivity index (χ1) is 10.9. The summed E-state index contributed by atoms with van der Waals surface area (Å²) in [7, 11) is 0. The Kier molecular flexibility index (Phi) is 3.93. The summed E-state index contributed by atoms with van der Waals surface area (Å²) in [5.74, 6) is 0. The Hall–Kier alpha value is -1.87. The predicted octanol–water partition coefficient (Wildman–Crippen LogP) is 3.87. The number of halogens is 1. The Labute approximate surface area is 140 Å². The zero-order valence-electron chi connectivity index (χ0n) is 13.6. The Morgan fingerprint density at radius 2 is 1.87 bits per heavy atom. The van der Waals surface area contributed by atoms with Crippen LogP contribution in [0, 0.1) is 0 Å². The maximum Gasteiger partial charge on any atom is 0.245 e. The maximum absolute atomic E-state index is 11.8. The predicted molar refractivity (Wildman–Crippen MR) is 96.1 cm³/mol. The molecule has 0 saturated heterocycles. The van der Waals surface area contributed by atoms with Gasteiger partial charge in [-0.25, -0.2) is 0 Å². The van der Waals surface area contributed by atoms with Crippen molar-refractivity contribution in [1.29, 1.82) is 0 Å². The molecule has 0 saturated carbocycles. The SMILES string of the molecule is CCCCN1/C(=C\c2c(Cl)c(=O)c2=O)C(C)(C)c2ccccc21. The van der Waals surface area contributed by atoms with Gasteiger partial charge in [-0.1, -0.05) is 57.0 Å². The summed E-state index contributed by atoms with van der Waals surface area (Å²) < 4.78 is 0. The fourth-order valence-corrected chi connectivity index (χ4v) is 3.53. The van der Waals surface area contributed by atoms with Gasteiger partial charge in [-0.05, 0) is 24.1 Å². The number of allylic oxidation sites excluding steroid dienone is 1. The number of benzene rings is 1. The molecule has 4 heteroatoms. The lowest BCUT2D eigenvalue weighted by atomic mass is 9.83. The van der Waals surface area contributed by atoms with Crippen molar-refractivity contribution in [3.8, 4) is 0 Å². The summed E-state index contributed by atoms with van der Waals surface area (Å²) in [5, 5.41) is 0.0599. The van der Waals surface area contributed by atoms with Crippen molar-refractivity contribution in [3.05, 3.63) is 66.6 Å². The summed E-state index contributed by atoms with van der Waals surface area (Å²) in [6.07, 6.45) is 3.95. The quantitative estimate of drug-likeness (QED) is 0.799. The molecule has 1 aliphatic rings. The number of fused-ring (bicyclic) bond motifs is 1. The van der Waals surface area contributed by atoms with Crippen molar-refractivity contribution < 1.29 is 0 Å². The van der Waals surface area contributed by atoms with Crippen molar-refractivity contribution in [3.63, 3.8) is 0 Å². The van der Waals surface area contributed by atoms with E-state index in [9.17, 15) is 9.59 Å². The molecule has 0 amide bonds. The van der Waals surface area contributed by atoms with Crippen molar-refractivity contribution in [2.75, 3.05) is 11.4 Å². The number of rotatable bonds is 4. The van der Waals surface area contributed by atoms with Crippen LogP contribution in [0.1, 0.15) is 44.7 Å². The Balaban J connectivity index is 2.14. The molecule has 0 bridgehead atoms. The highest BCUT2D eigenvalue weighted by molar-refractivity contribution is 6.32. The molecular formula is C19H20ClNO2. The van der Waals surface area contributed by atoms with E-state index in [0.29, 0.717) is 5.56 Å². The molecule has 120 valence electrons. The van der Waals surface area contributed by atoms with E-state index in [4.69, 9.17) is 11.6 Å². The summed E-state index contributed by atoms with van der Waals surface area (Å²) in [4.78, 5) is 25.5. The van der Waals surface area contributed by atoms with Crippen LogP contribution in [0.25, 0.3) is 6.08 Å². The highest BCUT2D eigenvalue weighted by Gasteiger charge is 2.40. The van der Waals surface area contributed by atoms with Gasteiger partial charge >= 0.3 is 0 Å². The Morgan fingerprint density at radius 1 is 1.17 bits per heavy atom. The molecule has 0 aliphatic carbocycles. The molecule has 3 nitrogen and oxygen atoms in total. The summed E-state index contributed by atoms with van der Waals surface area (Å²) >= 11 is 5.94. The third kappa shape index (κ3) is 2.34. The minimum absolute atomic E-state index is 0.0599. The average molecular weight is 330 g/mol. The van der Waals surface area contributed by atoms with E-state index in [2.05, 4.69) is 37.8 Å². The normalized spacial score (nSPS) is 17.9. The highest BCUT2D eigenvalue weighted by atomic mass is 35.5. The maximum atomic E-state index is 11.8. The number of anilines is 1. The van der Waals surface area contributed by atoms with Crippen LogP contribution in [0.5, 0.6) is 0 Å². The number of nitrogens with zero attached hydrogens (tertiary/aromatic N) is 1. The monoisotopic (exact) mass is 329 g/mol. The molecule has 0 aromatic heterocycles. The number of unbranched alkanes of at least 4 members (excludes halogenated alkanes) is 1. The average Bonchev–Trinajstić information content (AvgIpc) is 2.77. The highest BCUT2D eigenvalue weighted by Crippen LogP contribution is 2.48. The molecule has 1 heterocycles. The van der Waals surface area contributed by atoms with Gasteiger partial charge in [0.05, 0.1) is 5.56 Å². The molecule has 23 heavy (non-hydrogen) atoms. The van der Waals surface area contributed by atoms with Crippen LogP contribution in [0.3, 0.4) is 0 Å². The zero-order chi connectivity index (χ0) is 16.8. The molecule has 0 N–H and O–H groups in total. The summed E-state index contributed by atoms with van der Waals surface area (Å²) in [6.45, 7) is 7.33. The van der Waals surface area contributed by atoms with Gasteiger partial charge < -0.3 is 4.90 Å². The minimum Gasteiger partial charge on any atom is -0.344 e. The van der Waals surface area contributed by atoms with Crippen LogP contribution in [0.2, 0.25) is 5.02 Å². The molecule has 1 aliphatic heterocycles. The van der Waals surface area contributed by atoms with Gasteiger partial charge in [-0.15, -0.1) is 0 Å². The van der Waals surface area contributed by atoms with Crippen LogP contribution in [-0.4, -0.2) is 6.54 Å². The topological polar surface area (TPSA) is 37.4 Å². The van der Waals surface area contributed by atoms with E-state index >= 15 is 0 Å². The number of hydrogen-bond donors (Lipinski definition) is 0. The number of para-hydroxylation sites is 1. The molecular weight excluding hydrogens is 310 g/mol. The minimum atomic E-state index is -0.577. The summed E-state index contributed by atoms with van der Waals surface area (Å²) in [6, 6.07) is 8.29. The molecule has 0 radical (unpaired) electrons. The van der Waals surface area contributed by atoms with Crippen LogP contribution < -0.4 is 15.8 Å². The van der Waals surface area contributed by atoms with Crippen LogP contribution in [0.4, 0.5) is 5.69 Å². The fraction of sp³-hybridized carbons (Fsp3) is 0.368. The summed E-state index contributed by atoms with van der Waals surface area (Å²) in [5.41, 5.74) is 2.49. The van der Waals surface area contributed by atoms with Gasteiger partial charge in [0.15, 0.2) is 0 Å². The smallest absolute Gasteiger partial charge is 0.245 e. The molecule has 3 rings (SSSR count). The Morgan fingerprint density at radius 3 is 2.52 bits per heavy atom. The van der Waals surface area contributed by atoms with E-state index < -0.39 is 10.9 Å². The van der Waals surface area contributed by atoms with E-state index in [1.165, 1.54) is 11.3 Å². The first-order valence-corrected chi connectivity index (χ1v) is 8.35. The third-order valence-corrected chi connectivity index (χ3v) is 5.08. The molecule has 0 unspecified atom stereocenters. The lowest BCUT2D eigenvalue weighted by Gasteiger charge is -2.27. The molecule has 2 aromatic carbocycles. The molecule has 2 aromatic rings. The van der Waals surface area contributed by atoms with E-state index in [-0.39, 0.29) is 10.4 Å². The van der Waals surface area contributed by atoms with Crippen molar-refractivity contribution in [2.45, 2.75) is 39.0 Å². The van der Waals surface area contributed by atoms with Gasteiger partial charge in [-0.3, -0.25) is 9.59 Å². The first-order valence-electron chi connectivity index (χ1n) is 7.97. The second-order valence-electron chi connectivity index (χ2n) is 6.56. The van der Waals surface area contributed by atoms with Crippen molar-refractivity contribution >= 4 is 23.4 Å². The fourth-order valence-electron chi connectivity index (χ4n) is 3.31. The lowest BCUT2D eigenvalue weighted by molar-refractivity contribution is 0.629. The number of hydrogen-bond acceptors (Lipinski definition) is 3. The second kappa shape index (κ2) is 5.64. The standard InChI is InChI=1S/C19H20ClNO2/c1-4-5-10-21-14-9-7-6-8-13(14)19(2,3)15(21)11-12-16(20)18(23)17(12)22/h6-9,11H,4-5,10H2,1-3H3/b15-11-. The largest absolute Gasteiger partial charge is 0.344 e. The van der Waals surface area contributed by atoms with Gasteiger partial charge in [0.2, 0.25) is 10.9 Å². The van der Waals surface area contributed by atoms with Gasteiger partial charge in [0.25, 0.3) is 0 Å². The van der Waals surface area contributed by atoms with E-state index in [0.717, 1.165) is 25.1 Å². The van der Waals surface area contributed by atoms with Crippen LogP contribution in [0.15, 0.2) is 39.6 Å². The lowest BCUT2D eigenvalue weighted by Crippen LogP contribution is -2.35. The molecule has 0 spiro atoms. The van der Waals surface area contributed by atoms with Crippen molar-refractivity contribution in [1.82, 2.24) is 0 Å². The van der Waals surface area contributed by atoms with Crippen molar-refractivity contribution in [2.24, 2.45) is 0 Å². The van der Waals surface area contributed by atoms with Gasteiger partial charge in [-0.2, -0.15) is 0 Å². The van der Waals surface area contributed by atoms with Crippen LogP contribution >= 0.6 is 11.6 Å². The van der Waals surface area contributed by atoms with E-state index in [1.54, 1.807) is 0 Å². The van der Waals surface area contributed by atoms with Gasteiger partial charge in [0.1, 0.15) is 5.02 Å². The van der Waals surface area contributed by atoms with Gasteiger partial charge in [0, 0.05) is 23.3 Å². The Bertz CT molecular complexity index is 857. The zero-order valence-corrected chi connectivity index (χ0v) is 14.4. The third-order valence-electron chi connectivity index (χ3n) is 4.70.